The molecule has 1 aliphatic heterocycles. The van der Waals surface area contributed by atoms with Crippen LogP contribution in [-0.4, -0.2) is 49.7 Å². The van der Waals surface area contributed by atoms with Gasteiger partial charge in [-0.15, -0.1) is 0 Å². The average molecular weight is 260 g/mol. The highest BCUT2D eigenvalue weighted by Gasteiger charge is 2.43. The molecule has 100 valence electrons. The van der Waals surface area contributed by atoms with Gasteiger partial charge in [-0.2, -0.15) is 0 Å². The summed E-state index contributed by atoms with van der Waals surface area (Å²) in [4.78, 5) is 24.9. The van der Waals surface area contributed by atoms with Crippen molar-refractivity contribution in [1.29, 1.82) is 0 Å². The molecule has 2 heterocycles. The molecule has 0 spiro atoms. The Bertz CT molecular complexity index is 625. The molecule has 0 aliphatic carbocycles. The Morgan fingerprint density at radius 1 is 1.61 bits per heavy atom. The second-order valence-corrected chi connectivity index (χ2v) is 3.94. The van der Waals surface area contributed by atoms with Crippen LogP contribution in [-0.2, 0) is 4.74 Å². The minimum Gasteiger partial charge on any atom is -0.394 e. The van der Waals surface area contributed by atoms with Crippen molar-refractivity contribution in [2.24, 2.45) is 0 Å². The molecule has 8 heteroatoms. The highest BCUT2D eigenvalue weighted by atomic mass is 16.6. The number of hydrogen-bond acceptors (Lipinski definition) is 6. The minimum absolute atomic E-state index is 0.156. The third-order valence-electron chi connectivity index (χ3n) is 2.71. The molecule has 1 aliphatic rings. The lowest BCUT2D eigenvalue weighted by Gasteiger charge is -2.17. The molecule has 0 bridgehead atoms. The molecule has 0 aromatic carbocycles. The van der Waals surface area contributed by atoms with Crippen LogP contribution in [0.25, 0.3) is 0 Å². The van der Waals surface area contributed by atoms with E-state index in [9.17, 15) is 19.8 Å². The number of rotatable bonds is 2. The summed E-state index contributed by atoms with van der Waals surface area (Å²) in [6.07, 6.45) is -6.65. The van der Waals surface area contributed by atoms with Crippen LogP contribution in [0, 0.1) is 6.92 Å². The number of hydrogen-bond donors (Lipinski definition) is 4. The predicted molar refractivity (Wildman–Crippen MR) is 59.1 cm³/mol. The molecule has 0 saturated carbocycles. The third-order valence-corrected chi connectivity index (χ3v) is 2.71. The zero-order valence-electron chi connectivity index (χ0n) is 11.4. The summed E-state index contributed by atoms with van der Waals surface area (Å²) in [5.74, 6) is 0. The number of aliphatic hydroxyl groups is 3. The van der Waals surface area contributed by atoms with E-state index in [0.717, 1.165) is 10.8 Å². The number of aliphatic hydroxyl groups excluding tert-OH is 2. The van der Waals surface area contributed by atoms with Crippen LogP contribution < -0.4 is 11.2 Å². The standard InChI is InChI=1S/C10H14N2O6/c1-4-2-12(10(17)11-8(4)16)9-7(15)6(14)5(3-13)18-9/h2,5-7,9,13-15H,3H2,1H3,(H,11,16,17)/t5-,6-,7-,9-/m1/s1/i3D,6D/t3?,5-,6-,7-,9-. The highest BCUT2D eigenvalue weighted by Crippen LogP contribution is 2.27. The Morgan fingerprint density at radius 2 is 2.28 bits per heavy atom. The lowest BCUT2D eigenvalue weighted by molar-refractivity contribution is -0.0551. The summed E-state index contributed by atoms with van der Waals surface area (Å²) >= 11 is 0. The summed E-state index contributed by atoms with van der Waals surface area (Å²) in [5.41, 5.74) is -1.36. The molecule has 5 atom stereocenters. The first kappa shape index (κ1) is 10.4. The molecule has 1 aromatic rings. The van der Waals surface area contributed by atoms with Crippen LogP contribution in [0.15, 0.2) is 15.8 Å². The first-order chi connectivity index (χ1) is 9.16. The molecule has 18 heavy (non-hydrogen) atoms. The van der Waals surface area contributed by atoms with Crippen LogP contribution in [0.3, 0.4) is 0 Å². The average Bonchev–Trinajstić information content (AvgIpc) is 2.56. The van der Waals surface area contributed by atoms with Gasteiger partial charge < -0.3 is 20.1 Å². The fraction of sp³-hybridized carbons (Fsp3) is 0.600. The van der Waals surface area contributed by atoms with Gasteiger partial charge in [-0.3, -0.25) is 14.3 Å². The second kappa shape index (κ2) is 4.65. The van der Waals surface area contributed by atoms with Gasteiger partial charge in [0.2, 0.25) is 0 Å². The molecular weight excluding hydrogens is 244 g/mol. The van der Waals surface area contributed by atoms with Crippen LogP contribution in [0.2, 0.25) is 0 Å². The number of aromatic amines is 1. The van der Waals surface area contributed by atoms with Gasteiger partial charge in [0, 0.05) is 11.8 Å². The van der Waals surface area contributed by atoms with Crippen LogP contribution in [0.1, 0.15) is 14.5 Å². The summed E-state index contributed by atoms with van der Waals surface area (Å²) in [6.45, 7) is -0.559. The summed E-state index contributed by atoms with van der Waals surface area (Å²) in [7, 11) is 0. The number of H-pyrrole nitrogens is 1. The van der Waals surface area contributed by atoms with Crippen LogP contribution in [0.5, 0.6) is 0 Å². The van der Waals surface area contributed by atoms with E-state index in [1.807, 2.05) is 4.98 Å². The Kier molecular flexibility index (Phi) is 2.70. The summed E-state index contributed by atoms with van der Waals surface area (Å²) in [5, 5.41) is 28.8. The van der Waals surface area contributed by atoms with Crippen molar-refractivity contribution in [1.82, 2.24) is 9.55 Å². The molecule has 0 amide bonds. The monoisotopic (exact) mass is 260 g/mol. The van der Waals surface area contributed by atoms with E-state index in [-0.39, 0.29) is 5.56 Å². The highest BCUT2D eigenvalue weighted by molar-refractivity contribution is 5.03. The molecule has 1 saturated heterocycles. The number of aryl methyl sites for hydroxylation is 1. The van der Waals surface area contributed by atoms with Gasteiger partial charge in [0.1, 0.15) is 18.3 Å². The van der Waals surface area contributed by atoms with E-state index in [0.29, 0.717) is 0 Å². The van der Waals surface area contributed by atoms with E-state index in [2.05, 4.69) is 0 Å². The Hall–Kier alpha value is -1.48. The Labute approximate surface area is 104 Å². The molecule has 4 N–H and O–H groups in total. The lowest BCUT2D eigenvalue weighted by Crippen LogP contribution is -2.38. The predicted octanol–water partition coefficient (Wildman–Crippen LogP) is -2.54. The number of nitrogens with zero attached hydrogens (tertiary/aromatic N) is 1. The first-order valence-electron chi connectivity index (χ1n) is 6.22. The van der Waals surface area contributed by atoms with E-state index < -0.39 is 42.3 Å². The third kappa shape index (κ3) is 1.99. The maximum absolute atomic E-state index is 11.7. The van der Waals surface area contributed by atoms with Crippen molar-refractivity contribution in [3.63, 3.8) is 0 Å². The van der Waals surface area contributed by atoms with Crippen LogP contribution >= 0.6 is 0 Å². The summed E-state index contributed by atoms with van der Waals surface area (Å²) in [6, 6.07) is 0. The zero-order valence-corrected chi connectivity index (χ0v) is 9.40. The van der Waals surface area contributed by atoms with Crippen molar-refractivity contribution in [2.75, 3.05) is 6.58 Å². The van der Waals surface area contributed by atoms with Crippen molar-refractivity contribution in [2.45, 2.75) is 31.4 Å². The maximum Gasteiger partial charge on any atom is 0.330 e. The Balaban J connectivity index is 2.48. The van der Waals surface area contributed by atoms with Gasteiger partial charge in [0.05, 0.1) is 9.32 Å². The molecule has 1 fully saturated rings. The minimum atomic E-state index is -2.66. The van der Waals surface area contributed by atoms with E-state index in [1.165, 1.54) is 6.92 Å². The topological polar surface area (TPSA) is 125 Å². The van der Waals surface area contributed by atoms with Crippen molar-refractivity contribution < 1.29 is 22.8 Å². The van der Waals surface area contributed by atoms with Gasteiger partial charge in [0.25, 0.3) is 5.56 Å². The number of ether oxygens (including phenoxy) is 1. The van der Waals surface area contributed by atoms with E-state index in [1.54, 1.807) is 0 Å². The molecular formula is C10H14N2O6. The largest absolute Gasteiger partial charge is 0.394 e. The van der Waals surface area contributed by atoms with E-state index in [4.69, 9.17) is 12.6 Å². The van der Waals surface area contributed by atoms with Gasteiger partial charge in [-0.25, -0.2) is 4.79 Å². The maximum atomic E-state index is 11.7. The van der Waals surface area contributed by atoms with E-state index >= 15 is 0 Å². The molecule has 0 radical (unpaired) electrons. The molecule has 2 rings (SSSR count). The molecule has 1 aromatic heterocycles. The van der Waals surface area contributed by atoms with Crippen molar-refractivity contribution >= 4 is 0 Å². The smallest absolute Gasteiger partial charge is 0.330 e. The van der Waals surface area contributed by atoms with Gasteiger partial charge in [0.15, 0.2) is 6.23 Å². The van der Waals surface area contributed by atoms with Gasteiger partial charge in [-0.1, -0.05) is 0 Å². The van der Waals surface area contributed by atoms with Gasteiger partial charge >= 0.3 is 5.69 Å². The summed E-state index contributed by atoms with van der Waals surface area (Å²) < 4.78 is 20.5. The van der Waals surface area contributed by atoms with Gasteiger partial charge in [-0.05, 0) is 6.92 Å². The molecule has 8 nitrogen and oxygen atoms in total. The molecule has 1 unspecified atom stereocenters. The lowest BCUT2D eigenvalue weighted by atomic mass is 10.1. The SMILES string of the molecule is [2H]C(O)[C@H]1O[C@@H](n2cc(C)c(=O)[nH]c2=O)[C@H](O)[C@]1([2H])O. The van der Waals surface area contributed by atoms with Crippen molar-refractivity contribution in [3.8, 4) is 0 Å². The Morgan fingerprint density at radius 3 is 2.83 bits per heavy atom. The fourth-order valence-corrected chi connectivity index (χ4v) is 1.71. The second-order valence-electron chi connectivity index (χ2n) is 3.94. The quantitative estimate of drug-likeness (QED) is 0.464. The van der Waals surface area contributed by atoms with Crippen molar-refractivity contribution in [3.05, 3.63) is 32.6 Å². The van der Waals surface area contributed by atoms with Crippen LogP contribution in [0.4, 0.5) is 0 Å². The normalized spacial score (nSPS) is 39.2. The zero-order chi connectivity index (χ0) is 15.2. The number of aromatic nitrogens is 2. The fourth-order valence-electron chi connectivity index (χ4n) is 1.71. The first-order valence-corrected chi connectivity index (χ1v) is 5.14. The number of nitrogens with one attached hydrogen (secondary N) is 1.